The molecule has 0 bridgehead atoms. The van der Waals surface area contributed by atoms with E-state index < -0.39 is 9.84 Å². The largest absolute Gasteiger partial charge is 0.353 e. The Balaban J connectivity index is 1.77. The lowest BCUT2D eigenvalue weighted by Crippen LogP contribution is -2.36. The van der Waals surface area contributed by atoms with Gasteiger partial charge in [-0.15, -0.1) is 0 Å². The van der Waals surface area contributed by atoms with E-state index in [1.807, 2.05) is 0 Å². The number of hydrogen-bond acceptors (Lipinski definition) is 3. The molecule has 0 spiro atoms. The van der Waals surface area contributed by atoms with Crippen molar-refractivity contribution in [3.8, 4) is 0 Å². The summed E-state index contributed by atoms with van der Waals surface area (Å²) in [5.41, 5.74) is 0. The van der Waals surface area contributed by atoms with Crippen molar-refractivity contribution >= 4 is 15.7 Å². The molecule has 1 N–H and O–H groups in total. The van der Waals surface area contributed by atoms with E-state index in [4.69, 9.17) is 0 Å². The molecule has 0 radical (unpaired) electrons. The van der Waals surface area contributed by atoms with Gasteiger partial charge in [0.05, 0.1) is 11.5 Å². The lowest BCUT2D eigenvalue weighted by molar-refractivity contribution is -0.122. The zero-order valence-electron chi connectivity index (χ0n) is 10.2. The molecular formula is C12H21NO3S. The molecule has 2 rings (SSSR count). The number of rotatable bonds is 3. The molecule has 2 aliphatic rings. The Bertz CT molecular complexity index is 371. The number of amides is 1. The molecular weight excluding hydrogens is 238 g/mol. The van der Waals surface area contributed by atoms with Crippen molar-refractivity contribution in [1.29, 1.82) is 0 Å². The minimum Gasteiger partial charge on any atom is -0.353 e. The van der Waals surface area contributed by atoms with Crippen LogP contribution in [0.2, 0.25) is 0 Å². The van der Waals surface area contributed by atoms with Crippen LogP contribution in [0.5, 0.6) is 0 Å². The number of carbonyl (C=O) groups is 1. The molecule has 0 aromatic carbocycles. The zero-order valence-corrected chi connectivity index (χ0v) is 11.0. The normalized spacial score (nSPS) is 29.1. The van der Waals surface area contributed by atoms with Crippen molar-refractivity contribution in [2.75, 3.05) is 11.5 Å². The summed E-state index contributed by atoms with van der Waals surface area (Å²) < 4.78 is 22.9. The Morgan fingerprint density at radius 3 is 2.47 bits per heavy atom. The minimum atomic E-state index is -2.88. The Morgan fingerprint density at radius 2 is 1.82 bits per heavy atom. The number of carbonyl (C=O) groups excluding carboxylic acids is 1. The molecule has 1 aliphatic carbocycles. The zero-order chi connectivity index (χ0) is 12.3. The number of hydrogen-bond donors (Lipinski definition) is 1. The van der Waals surface area contributed by atoms with Crippen molar-refractivity contribution < 1.29 is 13.2 Å². The van der Waals surface area contributed by atoms with Gasteiger partial charge in [0.25, 0.3) is 0 Å². The van der Waals surface area contributed by atoms with E-state index in [-0.39, 0.29) is 17.6 Å². The summed E-state index contributed by atoms with van der Waals surface area (Å²) in [5, 5.41) is 3.02. The van der Waals surface area contributed by atoms with Crippen LogP contribution in [0.1, 0.15) is 44.9 Å². The Morgan fingerprint density at radius 1 is 1.12 bits per heavy atom. The second-order valence-electron chi connectivity index (χ2n) is 5.38. The quantitative estimate of drug-likeness (QED) is 0.830. The molecule has 1 saturated heterocycles. The molecule has 5 heteroatoms. The third kappa shape index (κ3) is 3.98. The van der Waals surface area contributed by atoms with E-state index in [1.165, 1.54) is 12.8 Å². The molecule has 1 aliphatic heterocycles. The number of nitrogens with one attached hydrogen (secondary N) is 1. The summed E-state index contributed by atoms with van der Waals surface area (Å²) in [4.78, 5) is 11.8. The van der Waals surface area contributed by atoms with Gasteiger partial charge in [0.2, 0.25) is 5.91 Å². The molecule has 4 nitrogen and oxygen atoms in total. The number of sulfone groups is 1. The van der Waals surface area contributed by atoms with Crippen LogP contribution in [0.15, 0.2) is 0 Å². The Hall–Kier alpha value is -0.580. The molecule has 2 fully saturated rings. The van der Waals surface area contributed by atoms with Gasteiger partial charge in [-0.1, -0.05) is 12.8 Å². The fourth-order valence-corrected chi connectivity index (χ4v) is 4.67. The van der Waals surface area contributed by atoms with Crippen molar-refractivity contribution in [3.05, 3.63) is 0 Å². The fraction of sp³-hybridized carbons (Fsp3) is 0.917. The highest BCUT2D eigenvalue weighted by atomic mass is 32.2. The first-order valence-corrected chi connectivity index (χ1v) is 8.37. The molecule has 1 atom stereocenters. The van der Waals surface area contributed by atoms with Gasteiger partial charge in [0, 0.05) is 12.5 Å². The van der Waals surface area contributed by atoms with Crippen LogP contribution in [-0.2, 0) is 14.6 Å². The molecule has 1 amide bonds. The Labute approximate surface area is 103 Å². The molecule has 1 saturated carbocycles. The van der Waals surface area contributed by atoms with Crippen LogP contribution in [0.3, 0.4) is 0 Å². The van der Waals surface area contributed by atoms with Gasteiger partial charge in [-0.3, -0.25) is 4.79 Å². The second kappa shape index (κ2) is 5.38. The first kappa shape index (κ1) is 12.9. The van der Waals surface area contributed by atoms with Gasteiger partial charge in [-0.05, 0) is 31.6 Å². The van der Waals surface area contributed by atoms with Crippen LogP contribution >= 0.6 is 0 Å². The van der Waals surface area contributed by atoms with Crippen LogP contribution in [0.25, 0.3) is 0 Å². The highest BCUT2D eigenvalue weighted by molar-refractivity contribution is 7.91. The lowest BCUT2D eigenvalue weighted by Gasteiger charge is -2.22. The predicted octanol–water partition coefficient (Wildman–Crippen LogP) is 1.26. The van der Waals surface area contributed by atoms with Gasteiger partial charge in [0.1, 0.15) is 0 Å². The van der Waals surface area contributed by atoms with Crippen LogP contribution < -0.4 is 5.32 Å². The van der Waals surface area contributed by atoms with Gasteiger partial charge >= 0.3 is 0 Å². The van der Waals surface area contributed by atoms with E-state index in [9.17, 15) is 13.2 Å². The molecule has 0 aromatic rings. The molecule has 1 unspecified atom stereocenters. The van der Waals surface area contributed by atoms with E-state index in [0.717, 1.165) is 19.3 Å². The van der Waals surface area contributed by atoms with Crippen LogP contribution in [-0.4, -0.2) is 31.9 Å². The van der Waals surface area contributed by atoms with Crippen molar-refractivity contribution in [2.24, 2.45) is 5.92 Å². The van der Waals surface area contributed by atoms with Crippen molar-refractivity contribution in [1.82, 2.24) is 5.32 Å². The molecule has 98 valence electrons. The maximum absolute atomic E-state index is 11.8. The SMILES string of the molecule is O=C(CC1CCCS(=O)(=O)C1)NC1CCCC1. The van der Waals surface area contributed by atoms with Gasteiger partial charge in [0.15, 0.2) is 9.84 Å². The van der Waals surface area contributed by atoms with Crippen LogP contribution in [0, 0.1) is 5.92 Å². The summed E-state index contributed by atoms with van der Waals surface area (Å²) >= 11 is 0. The molecule has 0 aromatic heterocycles. The first-order valence-electron chi connectivity index (χ1n) is 6.55. The standard InChI is InChI=1S/C12H21NO3S/c14-12(13-11-5-1-2-6-11)8-10-4-3-7-17(15,16)9-10/h10-11H,1-9H2,(H,13,14). The topological polar surface area (TPSA) is 63.2 Å². The monoisotopic (exact) mass is 259 g/mol. The summed E-state index contributed by atoms with van der Waals surface area (Å²) in [7, 11) is -2.88. The predicted molar refractivity (Wildman–Crippen MR) is 66.4 cm³/mol. The van der Waals surface area contributed by atoms with Crippen LogP contribution in [0.4, 0.5) is 0 Å². The van der Waals surface area contributed by atoms with Crippen molar-refractivity contribution in [3.63, 3.8) is 0 Å². The van der Waals surface area contributed by atoms with Gasteiger partial charge in [-0.2, -0.15) is 0 Å². The average Bonchev–Trinajstić information content (AvgIpc) is 2.68. The highest BCUT2D eigenvalue weighted by Crippen LogP contribution is 2.22. The van der Waals surface area contributed by atoms with Crippen molar-refractivity contribution in [2.45, 2.75) is 51.0 Å². The third-order valence-corrected chi connectivity index (χ3v) is 5.64. The molecule has 1 heterocycles. The summed E-state index contributed by atoms with van der Waals surface area (Å²) in [6.07, 6.45) is 6.52. The third-order valence-electron chi connectivity index (χ3n) is 3.75. The Kier molecular flexibility index (Phi) is 4.07. The smallest absolute Gasteiger partial charge is 0.220 e. The van der Waals surface area contributed by atoms with E-state index >= 15 is 0 Å². The fourth-order valence-electron chi connectivity index (χ4n) is 2.90. The first-order chi connectivity index (χ1) is 8.05. The van der Waals surface area contributed by atoms with E-state index in [1.54, 1.807) is 0 Å². The summed E-state index contributed by atoms with van der Waals surface area (Å²) in [6.45, 7) is 0. The molecule has 17 heavy (non-hydrogen) atoms. The minimum absolute atomic E-state index is 0.0372. The summed E-state index contributed by atoms with van der Waals surface area (Å²) in [6, 6.07) is 0.336. The summed E-state index contributed by atoms with van der Waals surface area (Å²) in [5.74, 6) is 0.577. The van der Waals surface area contributed by atoms with E-state index in [2.05, 4.69) is 5.32 Å². The average molecular weight is 259 g/mol. The maximum atomic E-state index is 11.8. The lowest BCUT2D eigenvalue weighted by atomic mass is 10.0. The maximum Gasteiger partial charge on any atom is 0.220 e. The van der Waals surface area contributed by atoms with E-state index in [0.29, 0.717) is 24.6 Å². The van der Waals surface area contributed by atoms with Gasteiger partial charge in [-0.25, -0.2) is 8.42 Å². The second-order valence-corrected chi connectivity index (χ2v) is 7.60. The van der Waals surface area contributed by atoms with Gasteiger partial charge < -0.3 is 5.32 Å². The highest BCUT2D eigenvalue weighted by Gasteiger charge is 2.27.